The molecule has 3 rings (SSSR count). The van der Waals surface area contributed by atoms with Crippen LogP contribution in [0.2, 0.25) is 0 Å². The van der Waals surface area contributed by atoms with Crippen LogP contribution in [0.15, 0.2) is 18.2 Å². The van der Waals surface area contributed by atoms with Crippen LogP contribution >= 0.6 is 0 Å². The van der Waals surface area contributed by atoms with Crippen LogP contribution in [-0.4, -0.2) is 38.3 Å². The minimum atomic E-state index is -0.393. The average molecular weight is 322 g/mol. The summed E-state index contributed by atoms with van der Waals surface area (Å²) in [6.07, 6.45) is 3.68. The lowest BCUT2D eigenvalue weighted by atomic mass is 9.97. The van der Waals surface area contributed by atoms with E-state index in [-0.39, 0.29) is 17.9 Å². The van der Waals surface area contributed by atoms with Crippen molar-refractivity contribution < 1.29 is 18.7 Å². The third kappa shape index (κ3) is 4.42. The van der Waals surface area contributed by atoms with Gasteiger partial charge < -0.3 is 20.1 Å². The molecule has 0 radical (unpaired) electrons. The maximum Gasteiger partial charge on any atom is 0.227 e. The number of amides is 1. The van der Waals surface area contributed by atoms with E-state index in [4.69, 9.17) is 9.47 Å². The lowest BCUT2D eigenvalue weighted by Gasteiger charge is -2.22. The quantitative estimate of drug-likeness (QED) is 0.873. The Balaban J connectivity index is 1.64. The first-order valence-electron chi connectivity index (χ1n) is 8.28. The van der Waals surface area contributed by atoms with Gasteiger partial charge in [-0.3, -0.25) is 4.79 Å². The fourth-order valence-corrected chi connectivity index (χ4v) is 3.00. The molecule has 1 unspecified atom stereocenters. The molecular weight excluding hydrogens is 299 g/mol. The fourth-order valence-electron chi connectivity index (χ4n) is 3.00. The number of rotatable bonds is 5. The minimum absolute atomic E-state index is 0.0365. The smallest absolute Gasteiger partial charge is 0.227 e. The SMILES string of the molecule is O=C(Nc1cc(F)ccc1OCC1CCCO1)C1CCNCC1. The van der Waals surface area contributed by atoms with E-state index in [0.717, 1.165) is 45.4 Å². The number of halogens is 1. The molecule has 5 nitrogen and oxygen atoms in total. The highest BCUT2D eigenvalue weighted by Crippen LogP contribution is 2.28. The number of hydrogen-bond acceptors (Lipinski definition) is 4. The van der Waals surface area contributed by atoms with Crippen LogP contribution in [0, 0.1) is 11.7 Å². The second kappa shape index (κ2) is 7.75. The van der Waals surface area contributed by atoms with E-state index in [0.29, 0.717) is 18.0 Å². The van der Waals surface area contributed by atoms with E-state index in [1.807, 2.05) is 0 Å². The Morgan fingerprint density at radius 1 is 1.35 bits per heavy atom. The number of carbonyl (C=O) groups excluding carboxylic acids is 1. The van der Waals surface area contributed by atoms with E-state index in [1.54, 1.807) is 6.07 Å². The maximum absolute atomic E-state index is 13.5. The van der Waals surface area contributed by atoms with Crippen molar-refractivity contribution in [2.45, 2.75) is 31.8 Å². The van der Waals surface area contributed by atoms with Gasteiger partial charge in [0.05, 0.1) is 11.8 Å². The van der Waals surface area contributed by atoms with Crippen LogP contribution in [0.4, 0.5) is 10.1 Å². The molecule has 0 aromatic heterocycles. The molecule has 2 saturated heterocycles. The van der Waals surface area contributed by atoms with Crippen molar-refractivity contribution in [3.63, 3.8) is 0 Å². The van der Waals surface area contributed by atoms with Crippen LogP contribution in [0.25, 0.3) is 0 Å². The Labute approximate surface area is 135 Å². The molecule has 0 bridgehead atoms. The summed E-state index contributed by atoms with van der Waals surface area (Å²) in [5.41, 5.74) is 0.395. The summed E-state index contributed by atoms with van der Waals surface area (Å²) in [6.45, 7) is 2.85. The van der Waals surface area contributed by atoms with Crippen LogP contribution < -0.4 is 15.4 Å². The van der Waals surface area contributed by atoms with Crippen molar-refractivity contribution in [2.75, 3.05) is 31.6 Å². The zero-order valence-electron chi connectivity index (χ0n) is 13.1. The fraction of sp³-hybridized carbons (Fsp3) is 0.588. The van der Waals surface area contributed by atoms with E-state index >= 15 is 0 Å². The van der Waals surface area contributed by atoms with E-state index < -0.39 is 5.82 Å². The summed E-state index contributed by atoms with van der Waals surface area (Å²) in [6, 6.07) is 4.21. The van der Waals surface area contributed by atoms with Gasteiger partial charge in [0.15, 0.2) is 0 Å². The monoisotopic (exact) mass is 322 g/mol. The zero-order chi connectivity index (χ0) is 16.1. The Hall–Kier alpha value is -1.66. The molecule has 1 aromatic carbocycles. The molecule has 2 heterocycles. The van der Waals surface area contributed by atoms with Crippen molar-refractivity contribution in [1.82, 2.24) is 5.32 Å². The number of nitrogens with one attached hydrogen (secondary N) is 2. The number of anilines is 1. The molecule has 1 aromatic rings. The summed E-state index contributed by atoms with van der Waals surface area (Å²) >= 11 is 0. The molecule has 0 saturated carbocycles. The second-order valence-corrected chi connectivity index (χ2v) is 6.10. The number of piperidine rings is 1. The van der Waals surface area contributed by atoms with Gasteiger partial charge in [0.2, 0.25) is 5.91 Å². The Morgan fingerprint density at radius 2 is 2.17 bits per heavy atom. The third-order valence-electron chi connectivity index (χ3n) is 4.36. The predicted molar refractivity (Wildman–Crippen MR) is 85.1 cm³/mol. The normalized spacial score (nSPS) is 22.0. The summed E-state index contributed by atoms with van der Waals surface area (Å²) in [7, 11) is 0. The topological polar surface area (TPSA) is 59.6 Å². The number of hydrogen-bond donors (Lipinski definition) is 2. The predicted octanol–water partition coefficient (Wildman–Crippen LogP) is 2.32. The van der Waals surface area contributed by atoms with Crippen molar-refractivity contribution in [2.24, 2.45) is 5.92 Å². The molecule has 0 aliphatic carbocycles. The van der Waals surface area contributed by atoms with Crippen molar-refractivity contribution >= 4 is 11.6 Å². The van der Waals surface area contributed by atoms with Gasteiger partial charge in [-0.1, -0.05) is 0 Å². The first-order valence-corrected chi connectivity index (χ1v) is 8.28. The number of benzene rings is 1. The van der Waals surface area contributed by atoms with Crippen molar-refractivity contribution in [1.29, 1.82) is 0 Å². The van der Waals surface area contributed by atoms with E-state index in [1.165, 1.54) is 12.1 Å². The molecule has 2 fully saturated rings. The molecular formula is C17H23FN2O3. The third-order valence-corrected chi connectivity index (χ3v) is 4.36. The Morgan fingerprint density at radius 3 is 2.91 bits per heavy atom. The lowest BCUT2D eigenvalue weighted by molar-refractivity contribution is -0.120. The minimum Gasteiger partial charge on any atom is -0.489 e. The molecule has 2 aliphatic rings. The standard InChI is InChI=1S/C17H23FN2O3/c18-13-3-4-16(23-11-14-2-1-9-22-14)15(10-13)20-17(21)12-5-7-19-8-6-12/h3-4,10,12,14,19H,1-2,5-9,11H2,(H,20,21). The molecule has 0 spiro atoms. The number of ether oxygens (including phenoxy) is 2. The Bertz CT molecular complexity index is 541. The van der Waals surface area contributed by atoms with E-state index in [9.17, 15) is 9.18 Å². The highest BCUT2D eigenvalue weighted by atomic mass is 19.1. The molecule has 1 amide bonds. The van der Waals surface area contributed by atoms with Gasteiger partial charge in [-0.05, 0) is 50.9 Å². The summed E-state index contributed by atoms with van der Waals surface area (Å²) in [4.78, 5) is 12.3. The van der Waals surface area contributed by atoms with Crippen LogP contribution in [0.1, 0.15) is 25.7 Å². The van der Waals surface area contributed by atoms with Crippen molar-refractivity contribution in [3.8, 4) is 5.75 Å². The average Bonchev–Trinajstić information content (AvgIpc) is 3.08. The van der Waals surface area contributed by atoms with Gasteiger partial charge in [-0.2, -0.15) is 0 Å². The lowest BCUT2D eigenvalue weighted by Crippen LogP contribution is -2.34. The largest absolute Gasteiger partial charge is 0.489 e. The number of carbonyl (C=O) groups is 1. The van der Waals surface area contributed by atoms with Gasteiger partial charge in [-0.15, -0.1) is 0 Å². The van der Waals surface area contributed by atoms with Crippen molar-refractivity contribution in [3.05, 3.63) is 24.0 Å². The molecule has 1 atom stereocenters. The molecule has 2 aliphatic heterocycles. The first kappa shape index (κ1) is 16.2. The van der Waals surface area contributed by atoms with E-state index in [2.05, 4.69) is 10.6 Å². The second-order valence-electron chi connectivity index (χ2n) is 6.10. The van der Waals surface area contributed by atoms with Crippen LogP contribution in [0.5, 0.6) is 5.75 Å². The molecule has 126 valence electrons. The highest BCUT2D eigenvalue weighted by molar-refractivity contribution is 5.94. The van der Waals surface area contributed by atoms with Gasteiger partial charge in [-0.25, -0.2) is 4.39 Å². The zero-order valence-corrected chi connectivity index (χ0v) is 13.1. The summed E-state index contributed by atoms with van der Waals surface area (Å²) < 4.78 is 24.8. The van der Waals surface area contributed by atoms with Gasteiger partial charge in [0.25, 0.3) is 0 Å². The summed E-state index contributed by atoms with van der Waals surface area (Å²) in [5.74, 6) is -0.0103. The van der Waals surface area contributed by atoms with Gasteiger partial charge in [0, 0.05) is 18.6 Å². The van der Waals surface area contributed by atoms with Crippen LogP contribution in [-0.2, 0) is 9.53 Å². The van der Waals surface area contributed by atoms with Crippen LogP contribution in [0.3, 0.4) is 0 Å². The Kier molecular flexibility index (Phi) is 5.46. The maximum atomic E-state index is 13.5. The van der Waals surface area contributed by atoms with Gasteiger partial charge >= 0.3 is 0 Å². The van der Waals surface area contributed by atoms with Gasteiger partial charge in [0.1, 0.15) is 18.2 Å². The molecule has 2 N–H and O–H groups in total. The first-order chi connectivity index (χ1) is 11.2. The molecule has 6 heteroatoms. The molecule has 23 heavy (non-hydrogen) atoms. The summed E-state index contributed by atoms with van der Waals surface area (Å²) in [5, 5.41) is 6.05. The highest BCUT2D eigenvalue weighted by Gasteiger charge is 2.22.